The van der Waals surface area contributed by atoms with Crippen molar-refractivity contribution in [2.75, 3.05) is 20.3 Å². The van der Waals surface area contributed by atoms with E-state index in [2.05, 4.69) is 0 Å². The molecule has 1 aliphatic heterocycles. The van der Waals surface area contributed by atoms with E-state index in [1.807, 2.05) is 24.3 Å². The molecule has 1 aromatic heterocycles. The zero-order valence-corrected chi connectivity index (χ0v) is 14.8. The van der Waals surface area contributed by atoms with E-state index in [9.17, 15) is 14.7 Å². The molecule has 1 aliphatic rings. The van der Waals surface area contributed by atoms with Crippen molar-refractivity contribution < 1.29 is 19.1 Å². The third-order valence-corrected chi connectivity index (χ3v) is 4.84. The Bertz CT molecular complexity index is 1070. The Labute approximate surface area is 155 Å². The van der Waals surface area contributed by atoms with Crippen LogP contribution in [0.15, 0.2) is 57.7 Å². The number of benzene rings is 2. The molecule has 27 heavy (non-hydrogen) atoms. The Balaban J connectivity index is 1.96. The molecule has 1 atom stereocenters. The lowest BCUT2D eigenvalue weighted by Gasteiger charge is -2.25. The van der Waals surface area contributed by atoms with Crippen LogP contribution in [-0.4, -0.2) is 36.2 Å². The normalized spacial score (nSPS) is 16.0. The van der Waals surface area contributed by atoms with Crippen molar-refractivity contribution in [3.05, 3.63) is 75.6 Å². The topological polar surface area (TPSA) is 80.0 Å². The number of fused-ring (bicyclic) bond motifs is 2. The first-order chi connectivity index (χ1) is 13.2. The number of amides is 1. The average molecular weight is 365 g/mol. The molecule has 0 bridgehead atoms. The summed E-state index contributed by atoms with van der Waals surface area (Å²) in [5.74, 6) is 0.374. The van der Waals surface area contributed by atoms with Crippen molar-refractivity contribution in [3.8, 4) is 5.75 Å². The highest BCUT2D eigenvalue weighted by atomic mass is 16.5. The number of hydrogen-bond donors (Lipinski definition) is 1. The molecule has 6 nitrogen and oxygen atoms in total. The zero-order valence-electron chi connectivity index (χ0n) is 14.8. The standard InChI is InChI=1S/C21H19NO5/c1-26-14-7-4-6-13(12-14)18-17-19(24)15-8-2-3-9-16(15)27-20(17)21(25)22(18)10-5-11-23/h2-4,6-9,12,18,23H,5,10-11H2,1H3. The molecule has 1 N–H and O–H groups in total. The Morgan fingerprint density at radius 1 is 1.15 bits per heavy atom. The molecule has 3 aromatic rings. The molecule has 2 heterocycles. The minimum Gasteiger partial charge on any atom is -0.497 e. The van der Waals surface area contributed by atoms with Crippen LogP contribution in [0.25, 0.3) is 11.0 Å². The van der Waals surface area contributed by atoms with Crippen LogP contribution in [0.4, 0.5) is 0 Å². The number of methoxy groups -OCH3 is 1. The van der Waals surface area contributed by atoms with Gasteiger partial charge in [-0.1, -0.05) is 24.3 Å². The molecule has 1 unspecified atom stereocenters. The molecule has 0 radical (unpaired) electrons. The monoisotopic (exact) mass is 365 g/mol. The van der Waals surface area contributed by atoms with Gasteiger partial charge in [-0.05, 0) is 36.2 Å². The number of nitrogens with zero attached hydrogens (tertiary/aromatic N) is 1. The fourth-order valence-corrected chi connectivity index (χ4v) is 3.60. The van der Waals surface area contributed by atoms with Gasteiger partial charge in [0, 0.05) is 13.2 Å². The summed E-state index contributed by atoms with van der Waals surface area (Å²) in [5, 5.41) is 9.68. The summed E-state index contributed by atoms with van der Waals surface area (Å²) in [6, 6.07) is 13.6. The first-order valence-electron chi connectivity index (χ1n) is 8.77. The third kappa shape index (κ3) is 2.78. The van der Waals surface area contributed by atoms with Crippen molar-refractivity contribution in [2.45, 2.75) is 12.5 Å². The van der Waals surface area contributed by atoms with E-state index in [-0.39, 0.29) is 23.7 Å². The molecular weight excluding hydrogens is 346 g/mol. The lowest BCUT2D eigenvalue weighted by Crippen LogP contribution is -2.31. The smallest absolute Gasteiger partial charge is 0.290 e. The number of para-hydroxylation sites is 1. The maximum absolute atomic E-state index is 13.2. The predicted molar refractivity (Wildman–Crippen MR) is 100 cm³/mol. The van der Waals surface area contributed by atoms with Crippen LogP contribution in [-0.2, 0) is 0 Å². The molecule has 0 saturated heterocycles. The summed E-state index contributed by atoms with van der Waals surface area (Å²) in [7, 11) is 1.57. The fourth-order valence-electron chi connectivity index (χ4n) is 3.60. The Morgan fingerprint density at radius 2 is 1.96 bits per heavy atom. The van der Waals surface area contributed by atoms with Gasteiger partial charge in [0.2, 0.25) is 5.76 Å². The second kappa shape index (κ2) is 6.89. The van der Waals surface area contributed by atoms with Gasteiger partial charge in [0.15, 0.2) is 5.43 Å². The quantitative estimate of drug-likeness (QED) is 0.752. The van der Waals surface area contributed by atoms with Gasteiger partial charge in [0.1, 0.15) is 11.3 Å². The highest BCUT2D eigenvalue weighted by Crippen LogP contribution is 2.38. The van der Waals surface area contributed by atoms with Gasteiger partial charge in [-0.15, -0.1) is 0 Å². The molecule has 0 spiro atoms. The Kier molecular flexibility index (Phi) is 4.41. The first kappa shape index (κ1) is 17.3. The van der Waals surface area contributed by atoms with Gasteiger partial charge < -0.3 is 19.2 Å². The number of hydrogen-bond acceptors (Lipinski definition) is 5. The van der Waals surface area contributed by atoms with Gasteiger partial charge in [0.25, 0.3) is 5.91 Å². The number of carbonyl (C=O) groups is 1. The molecular formula is C21H19NO5. The summed E-state index contributed by atoms with van der Waals surface area (Å²) in [4.78, 5) is 27.8. The molecule has 1 amide bonds. The van der Waals surface area contributed by atoms with Crippen LogP contribution >= 0.6 is 0 Å². The SMILES string of the molecule is COc1cccc(C2c3c(oc4ccccc4c3=O)C(=O)N2CCCO)c1. The number of aliphatic hydroxyl groups is 1. The minimum atomic E-state index is -0.574. The van der Waals surface area contributed by atoms with Crippen molar-refractivity contribution in [1.82, 2.24) is 4.90 Å². The van der Waals surface area contributed by atoms with E-state index >= 15 is 0 Å². The molecule has 2 aromatic carbocycles. The van der Waals surface area contributed by atoms with E-state index in [0.717, 1.165) is 5.56 Å². The Morgan fingerprint density at radius 3 is 2.74 bits per heavy atom. The highest BCUT2D eigenvalue weighted by Gasteiger charge is 2.42. The van der Waals surface area contributed by atoms with E-state index < -0.39 is 6.04 Å². The lowest BCUT2D eigenvalue weighted by atomic mass is 9.98. The van der Waals surface area contributed by atoms with Crippen molar-refractivity contribution >= 4 is 16.9 Å². The molecule has 0 saturated carbocycles. The van der Waals surface area contributed by atoms with Gasteiger partial charge in [-0.25, -0.2) is 0 Å². The lowest BCUT2D eigenvalue weighted by molar-refractivity contribution is 0.0716. The van der Waals surface area contributed by atoms with Gasteiger partial charge in [-0.3, -0.25) is 9.59 Å². The van der Waals surface area contributed by atoms with Crippen LogP contribution in [0.1, 0.15) is 34.1 Å². The predicted octanol–water partition coefficient (Wildman–Crippen LogP) is 2.73. The Hall–Kier alpha value is -3.12. The molecule has 4 rings (SSSR count). The third-order valence-electron chi connectivity index (χ3n) is 4.84. The second-order valence-electron chi connectivity index (χ2n) is 6.43. The number of rotatable bonds is 5. The first-order valence-corrected chi connectivity index (χ1v) is 8.77. The highest BCUT2D eigenvalue weighted by molar-refractivity contribution is 5.99. The molecule has 0 fully saturated rings. The van der Waals surface area contributed by atoms with E-state index in [1.54, 1.807) is 36.3 Å². The molecule has 6 heteroatoms. The van der Waals surface area contributed by atoms with E-state index in [1.165, 1.54) is 0 Å². The van der Waals surface area contributed by atoms with Crippen LogP contribution in [0, 0.1) is 0 Å². The maximum atomic E-state index is 13.2. The number of aliphatic hydroxyl groups excluding tert-OH is 1. The van der Waals surface area contributed by atoms with Crippen LogP contribution < -0.4 is 10.2 Å². The van der Waals surface area contributed by atoms with Crippen LogP contribution in [0.2, 0.25) is 0 Å². The van der Waals surface area contributed by atoms with Crippen molar-refractivity contribution in [3.63, 3.8) is 0 Å². The largest absolute Gasteiger partial charge is 0.497 e. The summed E-state index contributed by atoms with van der Waals surface area (Å²) in [6.45, 7) is 0.269. The van der Waals surface area contributed by atoms with Crippen molar-refractivity contribution in [2.24, 2.45) is 0 Å². The van der Waals surface area contributed by atoms with Gasteiger partial charge in [-0.2, -0.15) is 0 Å². The molecule has 0 aliphatic carbocycles. The van der Waals surface area contributed by atoms with E-state index in [0.29, 0.717) is 35.2 Å². The second-order valence-corrected chi connectivity index (χ2v) is 6.43. The van der Waals surface area contributed by atoms with Crippen LogP contribution in [0.5, 0.6) is 5.75 Å². The summed E-state index contributed by atoms with van der Waals surface area (Å²) >= 11 is 0. The maximum Gasteiger partial charge on any atom is 0.290 e. The fraction of sp³-hybridized carbons (Fsp3) is 0.238. The number of ether oxygens (including phenoxy) is 1. The molecule has 138 valence electrons. The van der Waals surface area contributed by atoms with Crippen LogP contribution in [0.3, 0.4) is 0 Å². The summed E-state index contributed by atoms with van der Waals surface area (Å²) in [5.41, 5.74) is 1.29. The summed E-state index contributed by atoms with van der Waals surface area (Å²) in [6.07, 6.45) is 0.411. The van der Waals surface area contributed by atoms with Crippen molar-refractivity contribution in [1.29, 1.82) is 0 Å². The minimum absolute atomic E-state index is 0.0473. The van der Waals surface area contributed by atoms with Gasteiger partial charge in [0.05, 0.1) is 24.1 Å². The average Bonchev–Trinajstić information content (AvgIpc) is 2.99. The zero-order chi connectivity index (χ0) is 19.0. The number of carbonyl (C=O) groups excluding carboxylic acids is 1. The summed E-state index contributed by atoms with van der Waals surface area (Å²) < 4.78 is 11.1. The van der Waals surface area contributed by atoms with E-state index in [4.69, 9.17) is 9.15 Å². The van der Waals surface area contributed by atoms with Gasteiger partial charge >= 0.3 is 0 Å².